The van der Waals surface area contributed by atoms with Crippen molar-refractivity contribution < 1.29 is 13.5 Å². The van der Waals surface area contributed by atoms with Crippen LogP contribution in [0.4, 0.5) is 8.78 Å². The van der Waals surface area contributed by atoms with Crippen LogP contribution in [0, 0.1) is 17.8 Å². The minimum Gasteiger partial charge on any atom is -0.315 e. The highest BCUT2D eigenvalue weighted by atomic mass is 19.3. The van der Waals surface area contributed by atoms with Crippen LogP contribution >= 0.6 is 0 Å². The minimum absolute atomic E-state index is 0.0481. The molecule has 0 radical (unpaired) electrons. The summed E-state index contributed by atoms with van der Waals surface area (Å²) in [5, 5.41) is 0. The van der Waals surface area contributed by atoms with Gasteiger partial charge in [-0.05, 0) is 78.9 Å². The molecule has 150 valence electrons. The predicted octanol–water partition coefficient (Wildman–Crippen LogP) is 7.23. The Morgan fingerprint density at radius 1 is 0.926 bits per heavy atom. The van der Waals surface area contributed by atoms with Gasteiger partial charge in [0, 0.05) is 0 Å². The van der Waals surface area contributed by atoms with Gasteiger partial charge >= 0.3 is 6.11 Å². The summed E-state index contributed by atoms with van der Waals surface area (Å²) in [6, 6.07) is 6.16. The molecule has 0 spiro atoms. The average Bonchev–Trinajstić information content (AvgIpc) is 2.68. The molecular weight excluding hydrogens is 342 g/mol. The van der Waals surface area contributed by atoms with Gasteiger partial charge in [0.25, 0.3) is 0 Å². The number of ether oxygens (including phenoxy) is 1. The molecule has 2 fully saturated rings. The average molecular weight is 377 g/mol. The fourth-order valence-corrected chi connectivity index (χ4v) is 5.94. The van der Waals surface area contributed by atoms with Gasteiger partial charge in [0.05, 0.1) is 13.0 Å². The van der Waals surface area contributed by atoms with E-state index in [4.69, 9.17) is 4.74 Å². The van der Waals surface area contributed by atoms with Gasteiger partial charge in [-0.25, -0.2) is 0 Å². The molecule has 0 N–H and O–H groups in total. The van der Waals surface area contributed by atoms with Crippen molar-refractivity contribution >= 4 is 0 Å². The van der Waals surface area contributed by atoms with Crippen LogP contribution in [-0.4, -0.2) is 6.11 Å². The Labute approximate surface area is 162 Å². The Bertz CT molecular complexity index is 625. The Morgan fingerprint density at radius 2 is 1.59 bits per heavy atom. The lowest BCUT2D eigenvalue weighted by Gasteiger charge is -2.38. The van der Waals surface area contributed by atoms with Gasteiger partial charge in [-0.1, -0.05) is 50.8 Å². The third kappa shape index (κ3) is 4.55. The normalized spacial score (nSPS) is 33.4. The first-order valence-corrected chi connectivity index (χ1v) is 11.2. The molecule has 4 rings (SSSR count). The van der Waals surface area contributed by atoms with Crippen molar-refractivity contribution in [3.8, 4) is 0 Å². The van der Waals surface area contributed by atoms with E-state index in [1.54, 1.807) is 0 Å². The molecule has 0 saturated heterocycles. The molecule has 1 aromatic rings. The van der Waals surface area contributed by atoms with Crippen molar-refractivity contribution in [1.82, 2.24) is 0 Å². The van der Waals surface area contributed by atoms with E-state index < -0.39 is 6.11 Å². The molecule has 1 aromatic carbocycles. The third-order valence-corrected chi connectivity index (χ3v) is 7.56. The highest BCUT2D eigenvalue weighted by Gasteiger charge is 2.36. The highest BCUT2D eigenvalue weighted by molar-refractivity contribution is 5.35. The van der Waals surface area contributed by atoms with Crippen LogP contribution in [-0.2, 0) is 17.8 Å². The van der Waals surface area contributed by atoms with Crippen molar-refractivity contribution in [1.29, 1.82) is 0 Å². The van der Waals surface area contributed by atoms with Crippen LogP contribution < -0.4 is 0 Å². The van der Waals surface area contributed by atoms with Gasteiger partial charge in [-0.2, -0.15) is 8.78 Å². The molecule has 27 heavy (non-hydrogen) atoms. The number of halogens is 2. The predicted molar refractivity (Wildman–Crippen MR) is 105 cm³/mol. The molecule has 3 aliphatic rings. The summed E-state index contributed by atoms with van der Waals surface area (Å²) in [6.07, 6.45) is 10.5. The van der Waals surface area contributed by atoms with Crippen molar-refractivity contribution in [2.75, 3.05) is 0 Å². The molecule has 0 atom stereocenters. The quantitative estimate of drug-likeness (QED) is 0.538. The van der Waals surface area contributed by atoms with E-state index in [1.165, 1.54) is 69.8 Å². The van der Waals surface area contributed by atoms with E-state index in [0.717, 1.165) is 28.9 Å². The van der Waals surface area contributed by atoms with Crippen molar-refractivity contribution in [2.45, 2.75) is 96.2 Å². The zero-order valence-corrected chi connectivity index (χ0v) is 16.7. The Hall–Kier alpha value is -0.960. The van der Waals surface area contributed by atoms with Gasteiger partial charge in [-0.3, -0.25) is 0 Å². The minimum atomic E-state index is -3.00. The SMILES string of the molecule is CCCC1CCC(C2CCC(c3ccc4c(c3)COC(F)(F)C4)CC2)CC1. The van der Waals surface area contributed by atoms with Gasteiger partial charge in [0.2, 0.25) is 0 Å². The fourth-order valence-electron chi connectivity index (χ4n) is 5.94. The lowest BCUT2D eigenvalue weighted by atomic mass is 9.68. The lowest BCUT2D eigenvalue weighted by molar-refractivity contribution is -0.250. The van der Waals surface area contributed by atoms with Gasteiger partial charge in [-0.15, -0.1) is 0 Å². The summed E-state index contributed by atoms with van der Waals surface area (Å²) in [6.45, 7) is 2.36. The Balaban J connectivity index is 1.31. The molecular formula is C24H34F2O. The highest BCUT2D eigenvalue weighted by Crippen LogP contribution is 2.45. The van der Waals surface area contributed by atoms with E-state index in [2.05, 4.69) is 19.1 Å². The summed E-state index contributed by atoms with van der Waals surface area (Å²) in [7, 11) is 0. The molecule has 3 heteroatoms. The van der Waals surface area contributed by atoms with Crippen molar-refractivity contribution in [3.05, 3.63) is 34.9 Å². The molecule has 0 amide bonds. The second-order valence-corrected chi connectivity index (χ2v) is 9.31. The number of rotatable bonds is 4. The van der Waals surface area contributed by atoms with Gasteiger partial charge in [0.15, 0.2) is 0 Å². The second kappa shape index (κ2) is 8.19. The maximum absolute atomic E-state index is 13.4. The van der Waals surface area contributed by atoms with E-state index in [9.17, 15) is 8.78 Å². The molecule has 0 aromatic heterocycles. The zero-order chi connectivity index (χ0) is 18.9. The standard InChI is InChI=1S/C24H34F2O/c1-2-3-17-4-6-18(7-5-17)19-8-10-20(11-9-19)21-12-13-22-15-24(25,26)27-16-23(22)14-21/h12-14,17-20H,2-11,15-16H2,1H3. The van der Waals surface area contributed by atoms with Crippen LogP contribution in [0.5, 0.6) is 0 Å². The smallest absolute Gasteiger partial charge is 0.315 e. The summed E-state index contributed by atoms with van der Waals surface area (Å²) < 4.78 is 31.5. The largest absolute Gasteiger partial charge is 0.360 e. The number of hydrogen-bond acceptors (Lipinski definition) is 1. The summed E-state index contributed by atoms with van der Waals surface area (Å²) >= 11 is 0. The first-order valence-electron chi connectivity index (χ1n) is 11.2. The molecule has 0 unspecified atom stereocenters. The number of alkyl halides is 2. The second-order valence-electron chi connectivity index (χ2n) is 9.31. The fraction of sp³-hybridized carbons (Fsp3) is 0.750. The zero-order valence-electron chi connectivity index (χ0n) is 16.7. The van der Waals surface area contributed by atoms with E-state index >= 15 is 0 Å². The van der Waals surface area contributed by atoms with Gasteiger partial charge < -0.3 is 4.74 Å². The summed E-state index contributed by atoms with van der Waals surface area (Å²) in [4.78, 5) is 0. The van der Waals surface area contributed by atoms with E-state index in [-0.39, 0.29) is 13.0 Å². The van der Waals surface area contributed by atoms with Crippen LogP contribution in [0.1, 0.15) is 93.7 Å². The van der Waals surface area contributed by atoms with Crippen molar-refractivity contribution in [2.24, 2.45) is 17.8 Å². The van der Waals surface area contributed by atoms with Crippen LogP contribution in [0.25, 0.3) is 0 Å². The topological polar surface area (TPSA) is 9.23 Å². The summed E-state index contributed by atoms with van der Waals surface area (Å²) in [5.74, 6) is 3.47. The maximum Gasteiger partial charge on any atom is 0.360 e. The molecule has 2 saturated carbocycles. The maximum atomic E-state index is 13.4. The number of benzene rings is 1. The Kier molecular flexibility index (Phi) is 5.87. The molecule has 1 heterocycles. The molecule has 0 bridgehead atoms. The summed E-state index contributed by atoms with van der Waals surface area (Å²) in [5.41, 5.74) is 3.06. The van der Waals surface area contributed by atoms with Crippen molar-refractivity contribution in [3.63, 3.8) is 0 Å². The number of fused-ring (bicyclic) bond motifs is 1. The molecule has 1 nitrogen and oxygen atoms in total. The van der Waals surface area contributed by atoms with Gasteiger partial charge in [0.1, 0.15) is 0 Å². The lowest BCUT2D eigenvalue weighted by Crippen LogP contribution is -2.29. The number of hydrogen-bond donors (Lipinski definition) is 0. The van der Waals surface area contributed by atoms with E-state index in [1.807, 2.05) is 6.07 Å². The van der Waals surface area contributed by atoms with Crippen LogP contribution in [0.3, 0.4) is 0 Å². The first kappa shape index (κ1) is 19.4. The van der Waals surface area contributed by atoms with Crippen LogP contribution in [0.2, 0.25) is 0 Å². The van der Waals surface area contributed by atoms with Crippen LogP contribution in [0.15, 0.2) is 18.2 Å². The first-order chi connectivity index (χ1) is 13.0. The molecule has 1 aliphatic heterocycles. The Morgan fingerprint density at radius 3 is 2.26 bits per heavy atom. The van der Waals surface area contributed by atoms with E-state index in [0.29, 0.717) is 5.92 Å². The molecule has 2 aliphatic carbocycles. The monoisotopic (exact) mass is 376 g/mol. The third-order valence-electron chi connectivity index (χ3n) is 7.56.